The first-order valence-corrected chi connectivity index (χ1v) is 9.50. The van der Waals surface area contributed by atoms with Crippen LogP contribution in [0.2, 0.25) is 10.0 Å². The van der Waals surface area contributed by atoms with Gasteiger partial charge in [0.2, 0.25) is 5.91 Å². The molecule has 134 valence electrons. The number of halogens is 3. The lowest BCUT2D eigenvalue weighted by molar-refractivity contribution is -0.140. The quantitative estimate of drug-likeness (QED) is 0.659. The average molecular weight is 447 g/mol. The van der Waals surface area contributed by atoms with Crippen LogP contribution in [0.3, 0.4) is 0 Å². The molecule has 0 radical (unpaired) electrons. The fourth-order valence-corrected chi connectivity index (χ4v) is 4.23. The first-order chi connectivity index (χ1) is 11.9. The molecule has 1 fully saturated rings. The number of rotatable bonds is 4. The normalized spacial score (nSPS) is 16.6. The van der Waals surface area contributed by atoms with Crippen molar-refractivity contribution in [2.45, 2.75) is 24.8 Å². The zero-order valence-corrected chi connectivity index (χ0v) is 16.8. The van der Waals surface area contributed by atoms with E-state index in [1.54, 1.807) is 24.1 Å². The van der Waals surface area contributed by atoms with Crippen molar-refractivity contribution in [1.29, 1.82) is 0 Å². The van der Waals surface area contributed by atoms with E-state index in [1.807, 2.05) is 18.2 Å². The maximum absolute atomic E-state index is 13.4. The number of amides is 1. The molecule has 0 aliphatic carbocycles. The summed E-state index contributed by atoms with van der Waals surface area (Å²) >= 11 is 15.8. The maximum atomic E-state index is 13.4. The van der Waals surface area contributed by atoms with Crippen molar-refractivity contribution in [2.24, 2.45) is 0 Å². The highest BCUT2D eigenvalue weighted by atomic mass is 79.9. The van der Waals surface area contributed by atoms with Crippen molar-refractivity contribution in [3.63, 3.8) is 0 Å². The predicted octanol–water partition coefficient (Wildman–Crippen LogP) is 5.06. The Bertz CT molecular complexity index is 771. The van der Waals surface area contributed by atoms with Gasteiger partial charge in [-0.2, -0.15) is 0 Å². The topological polar surface area (TPSA) is 42.7 Å². The molecule has 1 aromatic heterocycles. The Balaban J connectivity index is 1.92. The largest absolute Gasteiger partial charge is 0.452 e. The van der Waals surface area contributed by atoms with Gasteiger partial charge >= 0.3 is 0 Å². The second kappa shape index (κ2) is 7.70. The van der Waals surface area contributed by atoms with Gasteiger partial charge in [0.1, 0.15) is 5.76 Å². The minimum Gasteiger partial charge on any atom is -0.452 e. The standard InChI is InChI=1S/C18H18BrCl2NO3/c1-22(11-13-3-5-16(19)25-13)17(23)18(6-8-24-9-7-18)14-4-2-12(20)10-15(14)21/h2-5,10H,6-9,11H2,1H3. The number of nitrogens with zero attached hydrogens (tertiary/aromatic N) is 1. The Hall–Kier alpha value is -1.01. The number of likely N-dealkylation sites (N-methyl/N-ethyl adjacent to an activating group) is 1. The molecule has 1 aromatic carbocycles. The monoisotopic (exact) mass is 445 g/mol. The minimum absolute atomic E-state index is 0.00699. The highest BCUT2D eigenvalue weighted by molar-refractivity contribution is 9.10. The lowest BCUT2D eigenvalue weighted by Gasteiger charge is -2.39. The van der Waals surface area contributed by atoms with Gasteiger partial charge in [0, 0.05) is 30.3 Å². The van der Waals surface area contributed by atoms with E-state index in [1.165, 1.54) is 0 Å². The van der Waals surface area contributed by atoms with Crippen LogP contribution in [0.1, 0.15) is 24.2 Å². The summed E-state index contributed by atoms with van der Waals surface area (Å²) in [7, 11) is 1.78. The van der Waals surface area contributed by atoms with E-state index in [4.69, 9.17) is 32.4 Å². The van der Waals surface area contributed by atoms with E-state index < -0.39 is 5.41 Å². The zero-order chi connectivity index (χ0) is 18.0. The lowest BCUT2D eigenvalue weighted by atomic mass is 9.73. The molecular formula is C18H18BrCl2NO3. The Morgan fingerprint density at radius 2 is 1.96 bits per heavy atom. The third-order valence-electron chi connectivity index (χ3n) is 4.57. The van der Waals surface area contributed by atoms with E-state index in [-0.39, 0.29) is 5.91 Å². The highest BCUT2D eigenvalue weighted by Gasteiger charge is 2.44. The van der Waals surface area contributed by atoms with Crippen LogP contribution < -0.4 is 0 Å². The molecule has 7 heteroatoms. The van der Waals surface area contributed by atoms with E-state index in [2.05, 4.69) is 15.9 Å². The predicted molar refractivity (Wildman–Crippen MR) is 101 cm³/mol. The summed E-state index contributed by atoms with van der Waals surface area (Å²) in [6.07, 6.45) is 1.17. The molecular weight excluding hydrogens is 429 g/mol. The van der Waals surface area contributed by atoms with Crippen LogP contribution in [0, 0.1) is 0 Å². The van der Waals surface area contributed by atoms with Crippen molar-refractivity contribution in [1.82, 2.24) is 4.90 Å². The second-order valence-electron chi connectivity index (χ2n) is 6.19. The molecule has 2 heterocycles. The Kier molecular flexibility index (Phi) is 5.78. The van der Waals surface area contributed by atoms with Crippen LogP contribution in [-0.2, 0) is 21.5 Å². The number of furan rings is 1. The third-order valence-corrected chi connectivity index (χ3v) is 5.55. The summed E-state index contributed by atoms with van der Waals surface area (Å²) in [5.41, 5.74) is 0.0951. The van der Waals surface area contributed by atoms with Crippen molar-refractivity contribution < 1.29 is 13.9 Å². The van der Waals surface area contributed by atoms with Crippen LogP contribution in [-0.4, -0.2) is 31.1 Å². The van der Waals surface area contributed by atoms with Gasteiger partial charge in [-0.3, -0.25) is 4.79 Å². The van der Waals surface area contributed by atoms with Crippen LogP contribution in [0.15, 0.2) is 39.4 Å². The SMILES string of the molecule is CN(Cc1ccc(Br)o1)C(=O)C1(c2ccc(Cl)cc2Cl)CCOCC1. The Morgan fingerprint density at radius 3 is 2.56 bits per heavy atom. The summed E-state index contributed by atoms with van der Waals surface area (Å²) in [6, 6.07) is 8.97. The molecule has 0 N–H and O–H groups in total. The molecule has 3 rings (SSSR count). The number of carbonyl (C=O) groups excluding carboxylic acids is 1. The zero-order valence-electron chi connectivity index (χ0n) is 13.7. The van der Waals surface area contributed by atoms with Crippen molar-refractivity contribution >= 4 is 45.0 Å². The number of carbonyl (C=O) groups is 1. The molecule has 0 saturated carbocycles. The molecule has 2 aromatic rings. The van der Waals surface area contributed by atoms with Crippen molar-refractivity contribution in [3.8, 4) is 0 Å². The average Bonchev–Trinajstić information content (AvgIpc) is 2.99. The summed E-state index contributed by atoms with van der Waals surface area (Å²) in [6.45, 7) is 1.42. The van der Waals surface area contributed by atoms with Crippen LogP contribution in [0.5, 0.6) is 0 Å². The lowest BCUT2D eigenvalue weighted by Crippen LogP contribution is -2.48. The molecule has 0 spiro atoms. The van der Waals surface area contributed by atoms with Crippen LogP contribution >= 0.6 is 39.1 Å². The van der Waals surface area contributed by atoms with Gasteiger partial charge in [0.05, 0.1) is 12.0 Å². The van der Waals surface area contributed by atoms with Gasteiger partial charge in [-0.25, -0.2) is 0 Å². The summed E-state index contributed by atoms with van der Waals surface area (Å²) in [5, 5.41) is 1.06. The molecule has 1 saturated heterocycles. The molecule has 1 aliphatic rings. The number of ether oxygens (including phenoxy) is 1. The first kappa shape index (κ1) is 18.8. The van der Waals surface area contributed by atoms with E-state index in [0.717, 1.165) is 5.56 Å². The molecule has 1 amide bonds. The van der Waals surface area contributed by atoms with Gasteiger partial charge < -0.3 is 14.1 Å². The third kappa shape index (κ3) is 3.90. The van der Waals surface area contributed by atoms with E-state index in [0.29, 0.717) is 53.1 Å². The van der Waals surface area contributed by atoms with Gasteiger partial charge in [-0.05, 0) is 58.6 Å². The minimum atomic E-state index is -0.710. The van der Waals surface area contributed by atoms with Crippen LogP contribution in [0.4, 0.5) is 0 Å². The van der Waals surface area contributed by atoms with Gasteiger partial charge in [-0.1, -0.05) is 29.3 Å². The Morgan fingerprint density at radius 1 is 1.24 bits per heavy atom. The molecule has 0 bridgehead atoms. The van der Waals surface area contributed by atoms with E-state index in [9.17, 15) is 4.79 Å². The smallest absolute Gasteiger partial charge is 0.233 e. The number of hydrogen-bond donors (Lipinski definition) is 0. The van der Waals surface area contributed by atoms with Gasteiger partial charge in [0.15, 0.2) is 4.67 Å². The summed E-state index contributed by atoms with van der Waals surface area (Å²) < 4.78 is 11.7. The first-order valence-electron chi connectivity index (χ1n) is 7.95. The summed E-state index contributed by atoms with van der Waals surface area (Å²) in [5.74, 6) is 0.722. The second-order valence-corrected chi connectivity index (χ2v) is 7.81. The molecule has 25 heavy (non-hydrogen) atoms. The van der Waals surface area contributed by atoms with Crippen molar-refractivity contribution in [3.05, 3.63) is 56.4 Å². The molecule has 4 nitrogen and oxygen atoms in total. The molecule has 0 unspecified atom stereocenters. The number of benzene rings is 1. The van der Waals surface area contributed by atoms with E-state index >= 15 is 0 Å². The van der Waals surface area contributed by atoms with Gasteiger partial charge in [-0.15, -0.1) is 0 Å². The van der Waals surface area contributed by atoms with Gasteiger partial charge in [0.25, 0.3) is 0 Å². The maximum Gasteiger partial charge on any atom is 0.233 e. The van der Waals surface area contributed by atoms with Crippen molar-refractivity contribution in [2.75, 3.05) is 20.3 Å². The summed E-state index contributed by atoms with van der Waals surface area (Å²) in [4.78, 5) is 15.1. The molecule has 1 aliphatic heterocycles. The fourth-order valence-electron chi connectivity index (χ4n) is 3.30. The molecule has 0 atom stereocenters. The highest BCUT2D eigenvalue weighted by Crippen LogP contribution is 2.41. The number of hydrogen-bond acceptors (Lipinski definition) is 3. The fraction of sp³-hybridized carbons (Fsp3) is 0.389. The van der Waals surface area contributed by atoms with Crippen LogP contribution in [0.25, 0.3) is 0 Å². The Labute approximate surface area is 165 Å².